The number of fused-ring (bicyclic) bond motifs is 1. The second-order valence-corrected chi connectivity index (χ2v) is 9.41. The third kappa shape index (κ3) is 5.06. The van der Waals surface area contributed by atoms with Crippen molar-refractivity contribution in [2.45, 2.75) is 38.4 Å². The molecule has 0 unspecified atom stereocenters. The van der Waals surface area contributed by atoms with E-state index >= 15 is 0 Å². The molecule has 1 aliphatic rings. The summed E-state index contributed by atoms with van der Waals surface area (Å²) in [6.45, 7) is 5.56. The van der Waals surface area contributed by atoms with Crippen LogP contribution in [0.4, 0.5) is 13.2 Å². The first-order valence-electron chi connectivity index (χ1n) is 12.2. The van der Waals surface area contributed by atoms with Crippen molar-refractivity contribution < 1.29 is 18.0 Å². The zero-order valence-corrected chi connectivity index (χ0v) is 20.5. The smallest absolute Gasteiger partial charge is 0.347 e. The minimum Gasteiger partial charge on any atom is -0.347 e. The monoisotopic (exact) mass is 508 g/mol. The molecule has 0 aliphatic carbocycles. The third-order valence-corrected chi connectivity index (χ3v) is 6.77. The van der Waals surface area contributed by atoms with Crippen molar-refractivity contribution in [3.8, 4) is 11.3 Å². The van der Waals surface area contributed by atoms with Crippen LogP contribution in [0.25, 0.3) is 22.3 Å². The number of nitrogens with one attached hydrogen (secondary N) is 2. The maximum atomic E-state index is 13.8. The fourth-order valence-corrected chi connectivity index (χ4v) is 5.12. The van der Waals surface area contributed by atoms with Crippen molar-refractivity contribution >= 4 is 16.9 Å². The number of aromatic amines is 1. The predicted octanol–water partition coefficient (Wildman–Crippen LogP) is 4.95. The number of benzene rings is 1. The lowest BCUT2D eigenvalue weighted by molar-refractivity contribution is -0.138. The average molecular weight is 509 g/mol. The number of alkyl halides is 3. The summed E-state index contributed by atoms with van der Waals surface area (Å²) < 4.78 is 41.4. The number of hydrogen-bond donors (Lipinski definition) is 2. The lowest BCUT2D eigenvalue weighted by Gasteiger charge is -2.23. The Bertz CT molecular complexity index is 1430. The molecule has 192 valence electrons. The molecule has 1 saturated heterocycles. The van der Waals surface area contributed by atoms with Crippen molar-refractivity contribution in [2.75, 3.05) is 19.6 Å². The molecule has 1 fully saturated rings. The molecular formula is C27H27F3N6O. The SMILES string of the molecule is CCCN1C[C@@H](NC(=O)c2cnc3[nH]nc(-c4ccnc(C)c4)c3c2)[C@H](c2ccccc2C(F)(F)F)C1. The number of rotatable bonds is 6. The van der Waals surface area contributed by atoms with E-state index in [4.69, 9.17) is 0 Å². The molecule has 4 aromatic rings. The molecule has 0 radical (unpaired) electrons. The maximum Gasteiger partial charge on any atom is 0.416 e. The Labute approximate surface area is 212 Å². The zero-order valence-electron chi connectivity index (χ0n) is 20.5. The van der Waals surface area contributed by atoms with Gasteiger partial charge in [-0.3, -0.25) is 14.9 Å². The molecule has 37 heavy (non-hydrogen) atoms. The van der Waals surface area contributed by atoms with Gasteiger partial charge >= 0.3 is 6.18 Å². The quantitative estimate of drug-likeness (QED) is 0.385. The van der Waals surface area contributed by atoms with E-state index in [1.807, 2.05) is 26.0 Å². The summed E-state index contributed by atoms with van der Waals surface area (Å²) in [6, 6.07) is 10.6. The summed E-state index contributed by atoms with van der Waals surface area (Å²) in [7, 11) is 0. The van der Waals surface area contributed by atoms with Crippen molar-refractivity contribution in [2.24, 2.45) is 0 Å². The Morgan fingerprint density at radius 1 is 1.16 bits per heavy atom. The number of hydrogen-bond acceptors (Lipinski definition) is 5. The highest BCUT2D eigenvalue weighted by Crippen LogP contribution is 2.38. The molecule has 4 heterocycles. The Balaban J connectivity index is 1.45. The Kier molecular flexibility index (Phi) is 6.68. The van der Waals surface area contributed by atoms with Crippen LogP contribution in [-0.4, -0.2) is 56.6 Å². The van der Waals surface area contributed by atoms with Gasteiger partial charge in [0.25, 0.3) is 5.91 Å². The van der Waals surface area contributed by atoms with E-state index in [0.29, 0.717) is 35.4 Å². The van der Waals surface area contributed by atoms with Crippen LogP contribution in [0.2, 0.25) is 0 Å². The normalized spacial score (nSPS) is 18.4. The van der Waals surface area contributed by atoms with E-state index < -0.39 is 23.7 Å². The molecule has 5 rings (SSSR count). The molecule has 2 atom stereocenters. The first kappa shape index (κ1) is 24.9. The van der Waals surface area contributed by atoms with Crippen LogP contribution in [0.15, 0.2) is 54.9 Å². The van der Waals surface area contributed by atoms with E-state index in [1.165, 1.54) is 18.3 Å². The zero-order chi connectivity index (χ0) is 26.2. The van der Waals surface area contributed by atoms with Gasteiger partial charge in [0.1, 0.15) is 5.69 Å². The molecule has 2 N–H and O–H groups in total. The van der Waals surface area contributed by atoms with Crippen molar-refractivity contribution in [1.29, 1.82) is 0 Å². The molecule has 3 aromatic heterocycles. The number of pyridine rings is 2. The number of amides is 1. The van der Waals surface area contributed by atoms with Crippen LogP contribution in [0.3, 0.4) is 0 Å². The lowest BCUT2D eigenvalue weighted by atomic mass is 9.90. The van der Waals surface area contributed by atoms with E-state index in [-0.39, 0.29) is 11.5 Å². The number of H-pyrrole nitrogens is 1. The maximum absolute atomic E-state index is 13.8. The number of likely N-dealkylation sites (tertiary alicyclic amines) is 1. The van der Waals surface area contributed by atoms with Crippen LogP contribution < -0.4 is 5.32 Å². The van der Waals surface area contributed by atoms with E-state index in [0.717, 1.165) is 30.3 Å². The molecule has 0 spiro atoms. The average Bonchev–Trinajstić information content (AvgIpc) is 3.47. The molecule has 1 aromatic carbocycles. The summed E-state index contributed by atoms with van der Waals surface area (Å²) in [4.78, 5) is 24.0. The van der Waals surface area contributed by atoms with Gasteiger partial charge in [-0.1, -0.05) is 25.1 Å². The van der Waals surface area contributed by atoms with Gasteiger partial charge in [0.2, 0.25) is 0 Å². The van der Waals surface area contributed by atoms with E-state index in [1.54, 1.807) is 18.3 Å². The number of halogens is 3. The molecule has 0 saturated carbocycles. The highest BCUT2D eigenvalue weighted by atomic mass is 19.4. The number of carbonyl (C=O) groups excluding carboxylic acids is 1. The van der Waals surface area contributed by atoms with Gasteiger partial charge in [0, 0.05) is 54.1 Å². The highest BCUT2D eigenvalue weighted by molar-refractivity contribution is 6.00. The van der Waals surface area contributed by atoms with Gasteiger partial charge in [-0.15, -0.1) is 0 Å². The molecule has 10 heteroatoms. The summed E-state index contributed by atoms with van der Waals surface area (Å²) >= 11 is 0. The van der Waals surface area contributed by atoms with Gasteiger partial charge < -0.3 is 10.2 Å². The standard InChI is InChI=1S/C27H27F3N6O/c1-3-10-36-14-21(19-6-4-5-7-22(19)27(28,29)30)23(15-36)33-26(37)18-12-20-24(34-35-25(20)32-13-18)17-8-9-31-16(2)11-17/h4-9,11-13,21,23H,3,10,14-15H2,1-2H3,(H,33,37)(H,32,34,35)/t21-,23+/m0/s1. The second kappa shape index (κ2) is 9.93. The summed E-state index contributed by atoms with van der Waals surface area (Å²) in [6.07, 6.45) is -0.459. The van der Waals surface area contributed by atoms with Crippen molar-refractivity contribution in [3.05, 3.63) is 77.2 Å². The molecule has 1 aliphatic heterocycles. The fourth-order valence-electron chi connectivity index (χ4n) is 5.12. The summed E-state index contributed by atoms with van der Waals surface area (Å²) in [5, 5.41) is 10.9. The number of carbonyl (C=O) groups is 1. The first-order chi connectivity index (χ1) is 17.7. The number of aromatic nitrogens is 4. The minimum atomic E-state index is -4.47. The van der Waals surface area contributed by atoms with Crippen LogP contribution >= 0.6 is 0 Å². The molecule has 0 bridgehead atoms. The Hall–Kier alpha value is -3.79. The fraction of sp³-hybridized carbons (Fsp3) is 0.333. The van der Waals surface area contributed by atoms with Gasteiger partial charge in [0.15, 0.2) is 5.65 Å². The molecule has 1 amide bonds. The first-order valence-corrected chi connectivity index (χ1v) is 12.2. The summed E-state index contributed by atoms with van der Waals surface area (Å²) in [5.41, 5.74) is 2.72. The van der Waals surface area contributed by atoms with Crippen molar-refractivity contribution in [3.63, 3.8) is 0 Å². The van der Waals surface area contributed by atoms with Gasteiger partial charge in [-0.25, -0.2) is 4.98 Å². The molecule has 7 nitrogen and oxygen atoms in total. The van der Waals surface area contributed by atoms with Gasteiger partial charge in [-0.05, 0) is 49.7 Å². The molecular weight excluding hydrogens is 481 g/mol. The highest BCUT2D eigenvalue weighted by Gasteiger charge is 2.41. The largest absolute Gasteiger partial charge is 0.416 e. The summed E-state index contributed by atoms with van der Waals surface area (Å²) in [5.74, 6) is -0.875. The minimum absolute atomic E-state index is 0.206. The number of nitrogens with zero attached hydrogens (tertiary/aromatic N) is 4. The Morgan fingerprint density at radius 2 is 1.97 bits per heavy atom. The lowest BCUT2D eigenvalue weighted by Crippen LogP contribution is -2.40. The third-order valence-electron chi connectivity index (χ3n) is 6.77. The Morgan fingerprint density at radius 3 is 2.73 bits per heavy atom. The van der Waals surface area contributed by atoms with E-state index in [2.05, 4.69) is 30.4 Å². The second-order valence-electron chi connectivity index (χ2n) is 9.41. The van der Waals surface area contributed by atoms with Crippen LogP contribution in [-0.2, 0) is 6.18 Å². The van der Waals surface area contributed by atoms with Gasteiger partial charge in [0.05, 0.1) is 11.1 Å². The number of aryl methyl sites for hydroxylation is 1. The topological polar surface area (TPSA) is 86.8 Å². The van der Waals surface area contributed by atoms with Crippen LogP contribution in [0.1, 0.15) is 46.4 Å². The van der Waals surface area contributed by atoms with Crippen LogP contribution in [0.5, 0.6) is 0 Å². The predicted molar refractivity (Wildman–Crippen MR) is 134 cm³/mol. The van der Waals surface area contributed by atoms with Crippen molar-refractivity contribution in [1.82, 2.24) is 30.4 Å². The van der Waals surface area contributed by atoms with Crippen LogP contribution in [0, 0.1) is 6.92 Å². The van der Waals surface area contributed by atoms with Gasteiger partial charge in [-0.2, -0.15) is 18.3 Å². The van der Waals surface area contributed by atoms with E-state index in [9.17, 15) is 18.0 Å².